The molecule has 6 nitrogen and oxygen atoms in total. The van der Waals surface area contributed by atoms with Crippen molar-refractivity contribution in [2.75, 3.05) is 51.2 Å². The van der Waals surface area contributed by atoms with E-state index in [4.69, 9.17) is 4.99 Å². The van der Waals surface area contributed by atoms with E-state index in [1.165, 1.54) is 5.69 Å². The quantitative estimate of drug-likeness (QED) is 0.259. The molecule has 0 spiro atoms. The summed E-state index contributed by atoms with van der Waals surface area (Å²) < 4.78 is 0. The molecular formula is C21H34IN5O. The summed E-state index contributed by atoms with van der Waals surface area (Å²) in [6, 6.07) is 8.56. The number of likely N-dealkylation sites (N-methyl/N-ethyl adjacent to an activating group) is 2. The SMILES string of the molecule is CCNC(=NCc1ccc(N2CC=CC2)cc1)N(C)CC(=O)N(CC)CC.I. The van der Waals surface area contributed by atoms with Crippen LogP contribution >= 0.6 is 24.0 Å². The van der Waals surface area contributed by atoms with Crippen molar-refractivity contribution in [2.45, 2.75) is 27.3 Å². The van der Waals surface area contributed by atoms with Gasteiger partial charge in [-0.1, -0.05) is 24.3 Å². The Balaban J connectivity index is 0.00000392. The summed E-state index contributed by atoms with van der Waals surface area (Å²) in [5.74, 6) is 0.877. The molecule has 0 aliphatic carbocycles. The highest BCUT2D eigenvalue weighted by atomic mass is 127. The Bertz CT molecular complexity index is 647. The van der Waals surface area contributed by atoms with E-state index < -0.39 is 0 Å². The zero-order chi connectivity index (χ0) is 19.6. The molecule has 28 heavy (non-hydrogen) atoms. The molecule has 1 aliphatic rings. The highest BCUT2D eigenvalue weighted by Gasteiger charge is 2.15. The first kappa shape index (κ1) is 24.3. The third-order valence-electron chi connectivity index (χ3n) is 4.72. The fourth-order valence-corrected chi connectivity index (χ4v) is 3.09. The van der Waals surface area contributed by atoms with Crippen LogP contribution in [0.2, 0.25) is 0 Å². The molecule has 1 aliphatic heterocycles. The summed E-state index contributed by atoms with van der Waals surface area (Å²) in [6.45, 7) is 11.1. The van der Waals surface area contributed by atoms with Crippen LogP contribution in [0.4, 0.5) is 5.69 Å². The summed E-state index contributed by atoms with van der Waals surface area (Å²) in [5.41, 5.74) is 2.39. The van der Waals surface area contributed by atoms with Gasteiger partial charge in [-0.3, -0.25) is 4.79 Å². The second-order valence-electron chi connectivity index (χ2n) is 6.64. The molecule has 0 unspecified atom stereocenters. The second-order valence-corrected chi connectivity index (χ2v) is 6.64. The van der Waals surface area contributed by atoms with Gasteiger partial charge < -0.3 is 20.0 Å². The molecule has 1 heterocycles. The monoisotopic (exact) mass is 499 g/mol. The Hall–Kier alpha value is -1.77. The number of halogens is 1. The van der Waals surface area contributed by atoms with Gasteiger partial charge in [0.2, 0.25) is 5.91 Å². The van der Waals surface area contributed by atoms with Crippen LogP contribution in [0.5, 0.6) is 0 Å². The summed E-state index contributed by atoms with van der Waals surface area (Å²) in [5, 5.41) is 3.28. The first-order chi connectivity index (χ1) is 13.1. The van der Waals surface area contributed by atoms with Crippen LogP contribution in [0, 0.1) is 0 Å². The fraction of sp³-hybridized carbons (Fsp3) is 0.524. The smallest absolute Gasteiger partial charge is 0.242 e. The standard InChI is InChI=1S/C21H33N5O.HI/c1-5-22-21(24(4)17-20(27)25(6-2)7-3)23-16-18-10-12-19(13-11-18)26-14-8-9-15-26;/h8-13H,5-7,14-17H2,1-4H3,(H,22,23);1H. The topological polar surface area (TPSA) is 51.2 Å². The molecule has 0 aromatic heterocycles. The van der Waals surface area contributed by atoms with Crippen molar-refractivity contribution >= 4 is 41.5 Å². The predicted octanol–water partition coefficient (Wildman–Crippen LogP) is 2.95. The lowest BCUT2D eigenvalue weighted by molar-refractivity contribution is -0.131. The van der Waals surface area contributed by atoms with E-state index in [2.05, 4.69) is 46.6 Å². The highest BCUT2D eigenvalue weighted by Crippen LogP contribution is 2.18. The number of guanidine groups is 1. The lowest BCUT2D eigenvalue weighted by atomic mass is 10.2. The molecule has 1 N–H and O–H groups in total. The van der Waals surface area contributed by atoms with Gasteiger partial charge in [0.05, 0.1) is 13.1 Å². The number of rotatable bonds is 8. The van der Waals surface area contributed by atoms with E-state index in [0.29, 0.717) is 13.1 Å². The third-order valence-corrected chi connectivity index (χ3v) is 4.72. The molecule has 0 saturated carbocycles. The van der Waals surface area contributed by atoms with Crippen molar-refractivity contribution in [1.82, 2.24) is 15.1 Å². The Morgan fingerprint density at radius 1 is 1.11 bits per heavy atom. The average Bonchev–Trinajstić information content (AvgIpc) is 3.21. The van der Waals surface area contributed by atoms with Crippen molar-refractivity contribution in [3.63, 3.8) is 0 Å². The fourth-order valence-electron chi connectivity index (χ4n) is 3.09. The molecule has 0 atom stereocenters. The zero-order valence-electron chi connectivity index (χ0n) is 17.5. The molecule has 7 heteroatoms. The minimum atomic E-state index is 0. The Labute approximate surface area is 186 Å². The van der Waals surface area contributed by atoms with E-state index >= 15 is 0 Å². The number of amides is 1. The molecule has 1 amide bonds. The van der Waals surface area contributed by atoms with Gasteiger partial charge in [-0.15, -0.1) is 24.0 Å². The molecule has 0 fully saturated rings. The number of hydrogen-bond donors (Lipinski definition) is 1. The van der Waals surface area contributed by atoms with Gasteiger partial charge in [0, 0.05) is 45.5 Å². The number of aliphatic imine (C=N–C) groups is 1. The maximum atomic E-state index is 12.4. The van der Waals surface area contributed by atoms with Crippen LogP contribution in [0.25, 0.3) is 0 Å². The number of anilines is 1. The van der Waals surface area contributed by atoms with Crippen LogP contribution in [-0.4, -0.2) is 68.0 Å². The molecule has 156 valence electrons. The van der Waals surface area contributed by atoms with Gasteiger partial charge in [-0.25, -0.2) is 4.99 Å². The molecule has 0 bridgehead atoms. The maximum Gasteiger partial charge on any atom is 0.242 e. The van der Waals surface area contributed by atoms with Crippen molar-refractivity contribution < 1.29 is 4.79 Å². The summed E-state index contributed by atoms with van der Waals surface area (Å²) in [7, 11) is 1.91. The van der Waals surface area contributed by atoms with Crippen LogP contribution in [0.15, 0.2) is 41.4 Å². The Kier molecular flexibility index (Phi) is 11.0. The Morgan fingerprint density at radius 3 is 2.25 bits per heavy atom. The maximum absolute atomic E-state index is 12.4. The first-order valence-electron chi connectivity index (χ1n) is 9.85. The van der Waals surface area contributed by atoms with E-state index in [1.54, 1.807) is 0 Å². The Morgan fingerprint density at radius 2 is 1.71 bits per heavy atom. The highest BCUT2D eigenvalue weighted by molar-refractivity contribution is 14.0. The lowest BCUT2D eigenvalue weighted by Crippen LogP contribution is -2.45. The molecule has 1 aromatic rings. The number of hydrogen-bond acceptors (Lipinski definition) is 3. The van der Waals surface area contributed by atoms with Crippen LogP contribution in [-0.2, 0) is 11.3 Å². The minimum absolute atomic E-state index is 0. The van der Waals surface area contributed by atoms with Gasteiger partial charge in [0.1, 0.15) is 0 Å². The number of carbonyl (C=O) groups excluding carboxylic acids is 1. The summed E-state index contributed by atoms with van der Waals surface area (Å²) in [6.07, 6.45) is 4.38. The summed E-state index contributed by atoms with van der Waals surface area (Å²) in [4.78, 5) is 23.1. The average molecular weight is 499 g/mol. The van der Waals surface area contributed by atoms with Crippen molar-refractivity contribution in [1.29, 1.82) is 0 Å². The normalized spacial score (nSPS) is 13.3. The minimum Gasteiger partial charge on any atom is -0.364 e. The van der Waals surface area contributed by atoms with Crippen molar-refractivity contribution in [3.8, 4) is 0 Å². The van der Waals surface area contributed by atoms with Crippen LogP contribution in [0.1, 0.15) is 26.3 Å². The number of nitrogens with one attached hydrogen (secondary N) is 1. The molecular weight excluding hydrogens is 465 g/mol. The van der Waals surface area contributed by atoms with E-state index in [9.17, 15) is 4.79 Å². The lowest BCUT2D eigenvalue weighted by Gasteiger charge is -2.25. The van der Waals surface area contributed by atoms with Gasteiger partial charge in [-0.2, -0.15) is 0 Å². The number of benzene rings is 1. The predicted molar refractivity (Wildman–Crippen MR) is 129 cm³/mol. The second kappa shape index (κ2) is 12.6. The number of carbonyl (C=O) groups is 1. The van der Waals surface area contributed by atoms with Gasteiger partial charge in [0.15, 0.2) is 5.96 Å². The van der Waals surface area contributed by atoms with Gasteiger partial charge in [0.25, 0.3) is 0 Å². The van der Waals surface area contributed by atoms with Gasteiger partial charge in [-0.05, 0) is 38.5 Å². The van der Waals surface area contributed by atoms with E-state index in [-0.39, 0.29) is 29.9 Å². The van der Waals surface area contributed by atoms with Crippen molar-refractivity contribution in [2.24, 2.45) is 4.99 Å². The molecule has 0 radical (unpaired) electrons. The molecule has 1 aromatic carbocycles. The van der Waals surface area contributed by atoms with Crippen LogP contribution in [0.3, 0.4) is 0 Å². The first-order valence-corrected chi connectivity index (χ1v) is 9.85. The van der Waals surface area contributed by atoms with E-state index in [0.717, 1.165) is 44.2 Å². The molecule has 2 rings (SSSR count). The van der Waals surface area contributed by atoms with Gasteiger partial charge >= 0.3 is 0 Å². The largest absolute Gasteiger partial charge is 0.364 e. The van der Waals surface area contributed by atoms with E-state index in [1.807, 2.05) is 37.6 Å². The van der Waals surface area contributed by atoms with Crippen molar-refractivity contribution in [3.05, 3.63) is 42.0 Å². The third kappa shape index (κ3) is 7.00. The molecule has 0 saturated heterocycles. The summed E-state index contributed by atoms with van der Waals surface area (Å²) >= 11 is 0. The zero-order valence-corrected chi connectivity index (χ0v) is 19.8. The van der Waals surface area contributed by atoms with Crippen LogP contribution < -0.4 is 10.2 Å². The number of nitrogens with zero attached hydrogens (tertiary/aromatic N) is 4.